The van der Waals surface area contributed by atoms with E-state index < -0.39 is 0 Å². The fourth-order valence-electron chi connectivity index (χ4n) is 2.65. The second-order valence-electron chi connectivity index (χ2n) is 6.40. The predicted molar refractivity (Wildman–Crippen MR) is 104 cm³/mol. The first-order chi connectivity index (χ1) is 12.6. The van der Waals surface area contributed by atoms with Crippen LogP contribution in [0.5, 0.6) is 11.6 Å². The SMILES string of the molecule is CC(C)Oc1cc(CN)cc(-c2ccc(OCc3ccccc3)nc2)c1. The van der Waals surface area contributed by atoms with Gasteiger partial charge in [0.05, 0.1) is 6.10 Å². The van der Waals surface area contributed by atoms with Crippen molar-refractivity contribution in [3.63, 3.8) is 0 Å². The fraction of sp³-hybridized carbons (Fsp3) is 0.227. The van der Waals surface area contributed by atoms with E-state index in [1.165, 1.54) is 0 Å². The van der Waals surface area contributed by atoms with Crippen molar-refractivity contribution in [2.24, 2.45) is 5.73 Å². The van der Waals surface area contributed by atoms with E-state index in [0.717, 1.165) is 28.0 Å². The van der Waals surface area contributed by atoms with Gasteiger partial charge in [-0.3, -0.25) is 0 Å². The van der Waals surface area contributed by atoms with Gasteiger partial charge < -0.3 is 15.2 Å². The minimum atomic E-state index is 0.114. The van der Waals surface area contributed by atoms with Crippen LogP contribution in [0.1, 0.15) is 25.0 Å². The second-order valence-corrected chi connectivity index (χ2v) is 6.40. The molecular weight excluding hydrogens is 324 g/mol. The largest absolute Gasteiger partial charge is 0.491 e. The minimum absolute atomic E-state index is 0.114. The molecule has 134 valence electrons. The maximum absolute atomic E-state index is 5.83. The Morgan fingerprint density at radius 1 is 0.923 bits per heavy atom. The molecule has 26 heavy (non-hydrogen) atoms. The Bertz CT molecular complexity index is 831. The van der Waals surface area contributed by atoms with Crippen molar-refractivity contribution in [2.75, 3.05) is 0 Å². The van der Waals surface area contributed by atoms with Crippen molar-refractivity contribution < 1.29 is 9.47 Å². The maximum Gasteiger partial charge on any atom is 0.213 e. The molecule has 0 radical (unpaired) electrons. The normalized spacial score (nSPS) is 10.8. The van der Waals surface area contributed by atoms with Crippen molar-refractivity contribution in [1.29, 1.82) is 0 Å². The molecule has 0 fully saturated rings. The summed E-state index contributed by atoms with van der Waals surface area (Å²) in [6.45, 7) is 4.99. The number of benzene rings is 2. The van der Waals surface area contributed by atoms with E-state index in [4.69, 9.17) is 15.2 Å². The van der Waals surface area contributed by atoms with Crippen molar-refractivity contribution in [3.05, 3.63) is 78.0 Å². The molecule has 0 unspecified atom stereocenters. The van der Waals surface area contributed by atoms with E-state index in [-0.39, 0.29) is 6.10 Å². The minimum Gasteiger partial charge on any atom is -0.491 e. The van der Waals surface area contributed by atoms with Crippen LogP contribution < -0.4 is 15.2 Å². The molecule has 3 rings (SSSR count). The third kappa shape index (κ3) is 4.83. The Morgan fingerprint density at radius 3 is 2.38 bits per heavy atom. The number of nitrogens with zero attached hydrogens (tertiary/aromatic N) is 1. The van der Waals surface area contributed by atoms with Gasteiger partial charge in [-0.1, -0.05) is 30.3 Å². The highest BCUT2D eigenvalue weighted by atomic mass is 16.5. The van der Waals surface area contributed by atoms with Crippen molar-refractivity contribution >= 4 is 0 Å². The van der Waals surface area contributed by atoms with Gasteiger partial charge in [0.15, 0.2) is 0 Å². The first-order valence-electron chi connectivity index (χ1n) is 8.78. The summed E-state index contributed by atoms with van der Waals surface area (Å²) in [5.41, 5.74) is 10.0. The summed E-state index contributed by atoms with van der Waals surface area (Å²) in [5, 5.41) is 0. The highest BCUT2D eigenvalue weighted by Gasteiger charge is 2.07. The van der Waals surface area contributed by atoms with Crippen LogP contribution in [0.15, 0.2) is 66.9 Å². The second kappa shape index (κ2) is 8.50. The molecule has 0 atom stereocenters. The van der Waals surface area contributed by atoms with Crippen LogP contribution in [0.4, 0.5) is 0 Å². The number of pyridine rings is 1. The molecule has 2 N–H and O–H groups in total. The van der Waals surface area contributed by atoms with Gasteiger partial charge in [-0.05, 0) is 54.8 Å². The molecule has 2 aromatic carbocycles. The van der Waals surface area contributed by atoms with Crippen LogP contribution in [0.3, 0.4) is 0 Å². The fourth-order valence-corrected chi connectivity index (χ4v) is 2.65. The van der Waals surface area contributed by atoms with Crippen molar-refractivity contribution in [1.82, 2.24) is 4.98 Å². The zero-order chi connectivity index (χ0) is 18.4. The molecule has 0 aliphatic heterocycles. The summed E-state index contributed by atoms with van der Waals surface area (Å²) in [4.78, 5) is 4.42. The van der Waals surface area contributed by atoms with Gasteiger partial charge in [-0.25, -0.2) is 4.98 Å². The summed E-state index contributed by atoms with van der Waals surface area (Å²) >= 11 is 0. The van der Waals surface area contributed by atoms with E-state index in [0.29, 0.717) is 19.0 Å². The van der Waals surface area contributed by atoms with E-state index in [1.807, 2.05) is 74.6 Å². The van der Waals surface area contributed by atoms with Crippen molar-refractivity contribution in [2.45, 2.75) is 33.1 Å². The standard InChI is InChI=1S/C22H24N2O2/c1-16(2)26-21-11-18(13-23)10-20(12-21)19-8-9-22(24-14-19)25-15-17-6-4-3-5-7-17/h3-12,14,16H,13,15,23H2,1-2H3. The average Bonchev–Trinajstić information content (AvgIpc) is 2.67. The van der Waals surface area contributed by atoms with E-state index >= 15 is 0 Å². The van der Waals surface area contributed by atoms with E-state index in [2.05, 4.69) is 11.1 Å². The van der Waals surface area contributed by atoms with Crippen LogP contribution >= 0.6 is 0 Å². The Labute approximate surface area is 154 Å². The van der Waals surface area contributed by atoms with Crippen LogP contribution in [0, 0.1) is 0 Å². The molecule has 4 nitrogen and oxygen atoms in total. The van der Waals surface area contributed by atoms with Gasteiger partial charge in [0.2, 0.25) is 5.88 Å². The van der Waals surface area contributed by atoms with Gasteiger partial charge in [-0.2, -0.15) is 0 Å². The Balaban J connectivity index is 1.75. The average molecular weight is 348 g/mol. The molecule has 0 bridgehead atoms. The van der Waals surface area contributed by atoms with Crippen LogP contribution in [-0.2, 0) is 13.2 Å². The zero-order valence-electron chi connectivity index (χ0n) is 15.2. The van der Waals surface area contributed by atoms with Crippen LogP contribution in [0.25, 0.3) is 11.1 Å². The molecule has 0 saturated heterocycles. The predicted octanol–water partition coefficient (Wildman–Crippen LogP) is 4.57. The number of hydrogen-bond acceptors (Lipinski definition) is 4. The number of rotatable bonds is 7. The number of nitrogens with two attached hydrogens (primary N) is 1. The highest BCUT2D eigenvalue weighted by molar-refractivity contribution is 5.65. The van der Waals surface area contributed by atoms with Crippen molar-refractivity contribution in [3.8, 4) is 22.8 Å². The molecule has 1 heterocycles. The first kappa shape index (κ1) is 18.0. The molecule has 3 aromatic rings. The smallest absolute Gasteiger partial charge is 0.213 e. The topological polar surface area (TPSA) is 57.4 Å². The lowest BCUT2D eigenvalue weighted by Crippen LogP contribution is -2.06. The molecule has 0 saturated carbocycles. The Kier molecular flexibility index (Phi) is 5.87. The monoisotopic (exact) mass is 348 g/mol. The molecule has 0 spiro atoms. The lowest BCUT2D eigenvalue weighted by atomic mass is 10.0. The van der Waals surface area contributed by atoms with Gasteiger partial charge >= 0.3 is 0 Å². The number of hydrogen-bond donors (Lipinski definition) is 1. The highest BCUT2D eigenvalue weighted by Crippen LogP contribution is 2.27. The lowest BCUT2D eigenvalue weighted by Gasteiger charge is -2.13. The van der Waals surface area contributed by atoms with Gasteiger partial charge in [0.1, 0.15) is 12.4 Å². The molecule has 0 aliphatic carbocycles. The Hall–Kier alpha value is -2.85. The third-order valence-electron chi connectivity index (χ3n) is 3.87. The molecule has 0 aliphatic rings. The van der Waals surface area contributed by atoms with Gasteiger partial charge in [0, 0.05) is 24.4 Å². The van der Waals surface area contributed by atoms with Crippen LogP contribution in [0.2, 0.25) is 0 Å². The summed E-state index contributed by atoms with van der Waals surface area (Å²) in [6.07, 6.45) is 1.93. The number of ether oxygens (including phenoxy) is 2. The number of aromatic nitrogens is 1. The quantitative estimate of drug-likeness (QED) is 0.679. The summed E-state index contributed by atoms with van der Waals surface area (Å²) in [6, 6.07) is 20.0. The molecular formula is C22H24N2O2. The first-order valence-corrected chi connectivity index (χ1v) is 8.78. The lowest BCUT2D eigenvalue weighted by molar-refractivity contribution is 0.242. The van der Waals surface area contributed by atoms with Gasteiger partial charge in [-0.15, -0.1) is 0 Å². The van der Waals surface area contributed by atoms with E-state index in [1.54, 1.807) is 0 Å². The van der Waals surface area contributed by atoms with E-state index in [9.17, 15) is 0 Å². The molecule has 1 aromatic heterocycles. The summed E-state index contributed by atoms with van der Waals surface area (Å²) in [7, 11) is 0. The maximum atomic E-state index is 5.83. The van der Waals surface area contributed by atoms with Gasteiger partial charge in [0.25, 0.3) is 0 Å². The zero-order valence-corrected chi connectivity index (χ0v) is 15.2. The molecule has 0 amide bonds. The Morgan fingerprint density at radius 2 is 1.73 bits per heavy atom. The summed E-state index contributed by atoms with van der Waals surface area (Å²) < 4.78 is 11.6. The van der Waals surface area contributed by atoms with Crippen LogP contribution in [-0.4, -0.2) is 11.1 Å². The summed E-state index contributed by atoms with van der Waals surface area (Å²) in [5.74, 6) is 1.42. The molecule has 4 heteroatoms. The third-order valence-corrected chi connectivity index (χ3v) is 3.87.